The summed E-state index contributed by atoms with van der Waals surface area (Å²) in [5.74, 6) is -0.747. The molecule has 0 radical (unpaired) electrons. The molecule has 0 heterocycles. The Labute approximate surface area is 113 Å². The van der Waals surface area contributed by atoms with Gasteiger partial charge in [-0.15, -0.1) is 0 Å². The van der Waals surface area contributed by atoms with Crippen LogP contribution in [0.15, 0.2) is 0 Å². The summed E-state index contributed by atoms with van der Waals surface area (Å²) in [7, 11) is -7.65. The van der Waals surface area contributed by atoms with Crippen molar-refractivity contribution in [1.82, 2.24) is 0 Å². The Morgan fingerprint density at radius 1 is 0.895 bits per heavy atom. The molecule has 0 aromatic heterocycles. The highest BCUT2D eigenvalue weighted by atomic mass is 32.2. The first-order chi connectivity index (χ1) is 8.72. The zero-order valence-electron chi connectivity index (χ0n) is 10.8. The first-order valence-electron chi connectivity index (χ1n) is 5.68. The fourth-order valence-electron chi connectivity index (χ4n) is 1.08. The van der Waals surface area contributed by atoms with Crippen molar-refractivity contribution in [3.63, 3.8) is 0 Å². The molecular weight excluding hydrogens is 300 g/mol. The summed E-state index contributed by atoms with van der Waals surface area (Å²) >= 11 is 0. The third-order valence-electron chi connectivity index (χ3n) is 1.79. The molecule has 0 amide bonds. The molecule has 10 heteroatoms. The number of hydrogen-bond acceptors (Lipinski definition) is 8. The van der Waals surface area contributed by atoms with Crippen LogP contribution in [0.5, 0.6) is 0 Å². The quantitative estimate of drug-likeness (QED) is 0.345. The van der Waals surface area contributed by atoms with Crippen LogP contribution in [0.4, 0.5) is 4.79 Å². The van der Waals surface area contributed by atoms with E-state index in [0.717, 1.165) is 0 Å². The van der Waals surface area contributed by atoms with E-state index in [0.29, 0.717) is 0 Å². The molecule has 0 fully saturated rings. The minimum Gasteiger partial charge on any atom is -0.434 e. The standard InChI is InChI=1S/C9H18O8S2/c1-3-15-9(10)17-19(13,14)8-6-5-7-18(11,12)16-4-2/h3-8H2,1-2H3. The van der Waals surface area contributed by atoms with Gasteiger partial charge in [0.05, 0.1) is 24.7 Å². The minimum absolute atomic E-state index is 0.000946. The Hall–Kier alpha value is -0.870. The van der Waals surface area contributed by atoms with E-state index in [9.17, 15) is 21.6 Å². The van der Waals surface area contributed by atoms with Crippen molar-refractivity contribution >= 4 is 26.4 Å². The summed E-state index contributed by atoms with van der Waals surface area (Å²) in [5, 5.41) is 0. The first kappa shape index (κ1) is 18.1. The number of carbonyl (C=O) groups excluding carboxylic acids is 1. The van der Waals surface area contributed by atoms with E-state index in [-0.39, 0.29) is 31.8 Å². The van der Waals surface area contributed by atoms with Crippen LogP contribution in [-0.4, -0.2) is 47.7 Å². The molecule has 0 spiro atoms. The fourth-order valence-corrected chi connectivity index (χ4v) is 3.01. The second kappa shape index (κ2) is 8.33. The molecule has 0 aliphatic heterocycles. The zero-order valence-corrected chi connectivity index (χ0v) is 12.5. The molecule has 19 heavy (non-hydrogen) atoms. The molecule has 0 rings (SSSR count). The van der Waals surface area contributed by atoms with Crippen molar-refractivity contribution in [2.24, 2.45) is 0 Å². The molecule has 0 aromatic carbocycles. The molecule has 8 nitrogen and oxygen atoms in total. The van der Waals surface area contributed by atoms with Gasteiger partial charge < -0.3 is 8.92 Å². The SMILES string of the molecule is CCOC(=O)OS(=O)(=O)CCCCS(=O)(=O)OCC. The van der Waals surface area contributed by atoms with Gasteiger partial charge in [0, 0.05) is 0 Å². The van der Waals surface area contributed by atoms with Crippen LogP contribution in [0, 0.1) is 0 Å². The van der Waals surface area contributed by atoms with E-state index in [1.165, 1.54) is 13.8 Å². The van der Waals surface area contributed by atoms with Crippen molar-refractivity contribution < 1.29 is 34.7 Å². The lowest BCUT2D eigenvalue weighted by Gasteiger charge is -2.05. The van der Waals surface area contributed by atoms with E-state index < -0.39 is 32.1 Å². The van der Waals surface area contributed by atoms with Gasteiger partial charge in [-0.05, 0) is 26.7 Å². The van der Waals surface area contributed by atoms with Gasteiger partial charge in [-0.2, -0.15) is 16.8 Å². The van der Waals surface area contributed by atoms with Crippen molar-refractivity contribution in [3.8, 4) is 0 Å². The molecular formula is C9H18O8S2. The monoisotopic (exact) mass is 318 g/mol. The van der Waals surface area contributed by atoms with Gasteiger partial charge in [0.2, 0.25) is 0 Å². The van der Waals surface area contributed by atoms with Gasteiger partial charge >= 0.3 is 16.3 Å². The fraction of sp³-hybridized carbons (Fsp3) is 0.889. The van der Waals surface area contributed by atoms with E-state index in [1.54, 1.807) is 0 Å². The number of carbonyl (C=O) groups is 1. The third-order valence-corrected chi connectivity index (χ3v) is 4.36. The van der Waals surface area contributed by atoms with Crippen LogP contribution < -0.4 is 0 Å². The van der Waals surface area contributed by atoms with Gasteiger partial charge in [-0.25, -0.2) is 4.79 Å². The summed E-state index contributed by atoms with van der Waals surface area (Å²) in [6, 6.07) is 0. The highest BCUT2D eigenvalue weighted by Crippen LogP contribution is 2.04. The van der Waals surface area contributed by atoms with Crippen LogP contribution in [0.25, 0.3) is 0 Å². The Morgan fingerprint density at radius 2 is 1.42 bits per heavy atom. The number of rotatable bonds is 9. The van der Waals surface area contributed by atoms with Gasteiger partial charge in [0.25, 0.3) is 10.1 Å². The Kier molecular flexibility index (Phi) is 7.95. The highest BCUT2D eigenvalue weighted by Gasteiger charge is 2.18. The molecule has 0 saturated carbocycles. The number of unbranched alkanes of at least 4 members (excludes halogenated alkanes) is 1. The van der Waals surface area contributed by atoms with Crippen molar-refractivity contribution in [2.75, 3.05) is 24.7 Å². The second-order valence-electron chi connectivity index (χ2n) is 3.40. The number of ether oxygens (including phenoxy) is 1. The summed E-state index contributed by atoms with van der Waals surface area (Å²) in [6.45, 7) is 3.08. The molecule has 0 atom stereocenters. The van der Waals surface area contributed by atoms with Crippen molar-refractivity contribution in [3.05, 3.63) is 0 Å². The molecule has 0 aromatic rings. The lowest BCUT2D eigenvalue weighted by atomic mass is 10.4. The second-order valence-corrected chi connectivity index (χ2v) is 6.85. The van der Waals surface area contributed by atoms with Crippen molar-refractivity contribution in [1.29, 1.82) is 0 Å². The van der Waals surface area contributed by atoms with E-state index in [1.807, 2.05) is 0 Å². The average Bonchev–Trinajstić information content (AvgIpc) is 2.24. The Bertz CT molecular complexity index is 464. The summed E-state index contributed by atoms with van der Waals surface area (Å²) in [6.07, 6.45) is -1.16. The minimum atomic E-state index is -4.04. The van der Waals surface area contributed by atoms with Gasteiger partial charge in [-0.3, -0.25) is 4.18 Å². The molecule has 0 aliphatic rings. The maximum Gasteiger partial charge on any atom is 0.524 e. The van der Waals surface area contributed by atoms with E-state index in [2.05, 4.69) is 13.1 Å². The van der Waals surface area contributed by atoms with Crippen LogP contribution in [0.3, 0.4) is 0 Å². The largest absolute Gasteiger partial charge is 0.524 e. The predicted octanol–water partition coefficient (Wildman–Crippen LogP) is 0.636. The highest BCUT2D eigenvalue weighted by molar-refractivity contribution is 7.87. The molecule has 0 bridgehead atoms. The predicted molar refractivity (Wildman–Crippen MR) is 66.5 cm³/mol. The molecule has 0 N–H and O–H groups in total. The van der Waals surface area contributed by atoms with E-state index in [4.69, 9.17) is 0 Å². The van der Waals surface area contributed by atoms with Crippen LogP contribution in [0.2, 0.25) is 0 Å². The van der Waals surface area contributed by atoms with Gasteiger partial charge in [0.15, 0.2) is 0 Å². The van der Waals surface area contributed by atoms with Gasteiger partial charge in [-0.1, -0.05) is 0 Å². The maximum absolute atomic E-state index is 11.3. The Balaban J connectivity index is 4.03. The van der Waals surface area contributed by atoms with Gasteiger partial charge in [0.1, 0.15) is 0 Å². The van der Waals surface area contributed by atoms with Crippen molar-refractivity contribution in [2.45, 2.75) is 26.7 Å². The van der Waals surface area contributed by atoms with Crippen LogP contribution >= 0.6 is 0 Å². The number of hydrogen-bond donors (Lipinski definition) is 0. The average molecular weight is 318 g/mol. The summed E-state index contributed by atoms with van der Waals surface area (Å²) < 4.78 is 57.7. The maximum atomic E-state index is 11.3. The molecule has 0 aliphatic carbocycles. The normalized spacial score (nSPS) is 12.1. The lowest BCUT2D eigenvalue weighted by Crippen LogP contribution is -2.18. The summed E-state index contributed by atoms with van der Waals surface area (Å²) in [4.78, 5) is 10.8. The third kappa shape index (κ3) is 9.68. The summed E-state index contributed by atoms with van der Waals surface area (Å²) in [5.41, 5.74) is 0. The smallest absolute Gasteiger partial charge is 0.434 e. The Morgan fingerprint density at radius 3 is 1.89 bits per heavy atom. The van der Waals surface area contributed by atoms with Crippen LogP contribution in [-0.2, 0) is 33.3 Å². The zero-order chi connectivity index (χ0) is 14.9. The molecule has 0 saturated heterocycles. The lowest BCUT2D eigenvalue weighted by molar-refractivity contribution is 0.106. The van der Waals surface area contributed by atoms with E-state index >= 15 is 0 Å². The molecule has 0 unspecified atom stereocenters. The first-order valence-corrected chi connectivity index (χ1v) is 8.84. The van der Waals surface area contributed by atoms with Crippen LogP contribution in [0.1, 0.15) is 26.7 Å². The topological polar surface area (TPSA) is 113 Å². The molecule has 114 valence electrons.